The molecule has 1 aromatic heterocycles. The van der Waals surface area contributed by atoms with Gasteiger partial charge in [0.25, 0.3) is 5.56 Å². The Bertz CT molecular complexity index is 1060. The number of nitrogens with one attached hydrogen (secondary N) is 1. The minimum Gasteiger partial charge on any atom is -0.349 e. The molecule has 3 rings (SSSR count). The first-order valence-corrected chi connectivity index (χ1v) is 8.85. The Morgan fingerprint density at radius 3 is 2.50 bits per heavy atom. The van der Waals surface area contributed by atoms with Crippen LogP contribution in [0.25, 0.3) is 10.9 Å². The Balaban J connectivity index is 1.58. The molecule has 28 heavy (non-hydrogen) atoms. The number of nitrogens with zero attached hydrogens (tertiary/aromatic N) is 4. The highest BCUT2D eigenvalue weighted by Crippen LogP contribution is 2.11. The van der Waals surface area contributed by atoms with Gasteiger partial charge in [-0.1, -0.05) is 29.5 Å². The number of likely N-dealkylation sites (N-methyl/N-ethyl adjacent to an activating group) is 1. The van der Waals surface area contributed by atoms with Gasteiger partial charge in [0.1, 0.15) is 5.52 Å². The van der Waals surface area contributed by atoms with Gasteiger partial charge in [-0.2, -0.15) is 0 Å². The third-order valence-corrected chi connectivity index (χ3v) is 4.27. The van der Waals surface area contributed by atoms with E-state index in [4.69, 9.17) is 0 Å². The fourth-order valence-corrected chi connectivity index (χ4v) is 2.64. The second kappa shape index (κ2) is 8.43. The van der Waals surface area contributed by atoms with Gasteiger partial charge in [0, 0.05) is 26.2 Å². The Kier molecular flexibility index (Phi) is 5.78. The minimum atomic E-state index is -0.270. The van der Waals surface area contributed by atoms with E-state index in [2.05, 4.69) is 15.6 Å². The summed E-state index contributed by atoms with van der Waals surface area (Å²) in [5, 5.41) is 11.1. The van der Waals surface area contributed by atoms with E-state index in [1.807, 2.05) is 0 Å². The van der Waals surface area contributed by atoms with Crippen molar-refractivity contribution in [1.29, 1.82) is 0 Å². The maximum atomic E-state index is 12.4. The molecule has 1 heterocycles. The van der Waals surface area contributed by atoms with Gasteiger partial charge >= 0.3 is 0 Å². The number of hydrogen-bond acceptors (Lipinski definition) is 5. The molecule has 8 heteroatoms. The van der Waals surface area contributed by atoms with Crippen LogP contribution in [0.3, 0.4) is 0 Å². The second-order valence-electron chi connectivity index (χ2n) is 6.59. The quantitative estimate of drug-likeness (QED) is 0.699. The molecule has 0 aliphatic carbocycles. The molecule has 0 saturated carbocycles. The van der Waals surface area contributed by atoms with Crippen LogP contribution in [0.5, 0.6) is 0 Å². The van der Waals surface area contributed by atoms with Crippen molar-refractivity contribution in [3.05, 3.63) is 64.4 Å². The fourth-order valence-electron chi connectivity index (χ4n) is 2.64. The van der Waals surface area contributed by atoms with E-state index < -0.39 is 0 Å². The zero-order chi connectivity index (χ0) is 20.1. The summed E-state index contributed by atoms with van der Waals surface area (Å²) in [4.78, 5) is 37.8. The molecule has 0 bridgehead atoms. The van der Waals surface area contributed by atoms with Gasteiger partial charge < -0.3 is 10.2 Å². The number of aryl methyl sites for hydroxylation is 1. The first-order chi connectivity index (χ1) is 13.4. The van der Waals surface area contributed by atoms with Gasteiger partial charge in [-0.3, -0.25) is 14.4 Å². The molecule has 0 spiro atoms. The van der Waals surface area contributed by atoms with Crippen molar-refractivity contribution in [1.82, 2.24) is 19.9 Å². The van der Waals surface area contributed by atoms with Crippen LogP contribution in [0.15, 0.2) is 53.3 Å². The smallest absolute Gasteiger partial charge is 0.277 e. The molecule has 2 aromatic carbocycles. The van der Waals surface area contributed by atoms with Crippen molar-refractivity contribution in [3.63, 3.8) is 0 Å². The van der Waals surface area contributed by atoms with Crippen molar-refractivity contribution >= 4 is 28.4 Å². The first-order valence-electron chi connectivity index (χ1n) is 8.85. The van der Waals surface area contributed by atoms with Crippen LogP contribution >= 0.6 is 0 Å². The Morgan fingerprint density at radius 1 is 1.07 bits per heavy atom. The Morgan fingerprint density at radius 2 is 1.79 bits per heavy atom. The molecule has 0 saturated heterocycles. The number of carbonyl (C=O) groups excluding carboxylic acids is 2. The molecule has 0 atom stereocenters. The summed E-state index contributed by atoms with van der Waals surface area (Å²) in [5.41, 5.74) is 1.76. The van der Waals surface area contributed by atoms with E-state index in [1.165, 1.54) is 9.58 Å². The molecule has 144 valence electrons. The monoisotopic (exact) mass is 379 g/mol. The number of benzene rings is 2. The summed E-state index contributed by atoms with van der Waals surface area (Å²) in [5.74, 6) is -0.224. The number of rotatable bonds is 6. The highest BCUT2D eigenvalue weighted by atomic mass is 16.2. The summed E-state index contributed by atoms with van der Waals surface area (Å²) in [6.45, 7) is 0.137. The number of anilines is 1. The highest BCUT2D eigenvalue weighted by molar-refractivity contribution is 5.90. The SMILES string of the molecule is CN(C)C(=O)Cc1ccc(NC(=O)CCn2nnc3ccccc3c2=O)cc1. The van der Waals surface area contributed by atoms with E-state index >= 15 is 0 Å². The van der Waals surface area contributed by atoms with E-state index in [1.54, 1.807) is 62.6 Å². The van der Waals surface area contributed by atoms with E-state index in [0.717, 1.165) is 5.56 Å². The van der Waals surface area contributed by atoms with E-state index in [9.17, 15) is 14.4 Å². The van der Waals surface area contributed by atoms with Crippen LogP contribution in [-0.4, -0.2) is 45.8 Å². The molecule has 8 nitrogen and oxygen atoms in total. The number of fused-ring (bicyclic) bond motifs is 1. The highest BCUT2D eigenvalue weighted by Gasteiger charge is 2.09. The van der Waals surface area contributed by atoms with Gasteiger partial charge in [0.15, 0.2) is 0 Å². The predicted molar refractivity (Wildman–Crippen MR) is 106 cm³/mol. The van der Waals surface area contributed by atoms with Gasteiger partial charge in [-0.15, -0.1) is 5.10 Å². The van der Waals surface area contributed by atoms with Crippen molar-refractivity contribution in [3.8, 4) is 0 Å². The molecule has 0 fully saturated rings. The molecule has 0 radical (unpaired) electrons. The standard InChI is InChI=1S/C20H21N5O3/c1-24(2)19(27)13-14-7-9-15(10-8-14)21-18(26)11-12-25-20(28)16-5-3-4-6-17(16)22-23-25/h3-10H,11-13H2,1-2H3,(H,21,26). The Labute approximate surface area is 161 Å². The molecule has 1 N–H and O–H groups in total. The lowest BCUT2D eigenvalue weighted by atomic mass is 10.1. The summed E-state index contributed by atoms with van der Waals surface area (Å²) in [6.07, 6.45) is 0.401. The van der Waals surface area contributed by atoms with Crippen molar-refractivity contribution in [2.24, 2.45) is 0 Å². The first kappa shape index (κ1) is 19.2. The maximum Gasteiger partial charge on any atom is 0.277 e. The number of carbonyl (C=O) groups is 2. The van der Waals surface area contributed by atoms with Crippen LogP contribution < -0.4 is 10.9 Å². The number of hydrogen-bond donors (Lipinski definition) is 1. The largest absolute Gasteiger partial charge is 0.349 e. The average Bonchev–Trinajstić information content (AvgIpc) is 2.69. The van der Waals surface area contributed by atoms with Crippen LogP contribution in [0, 0.1) is 0 Å². The van der Waals surface area contributed by atoms with E-state index in [-0.39, 0.29) is 30.3 Å². The van der Waals surface area contributed by atoms with Crippen LogP contribution in [0.2, 0.25) is 0 Å². The molecule has 0 aliphatic heterocycles. The molecule has 0 aliphatic rings. The van der Waals surface area contributed by atoms with E-state index in [0.29, 0.717) is 23.0 Å². The third kappa shape index (κ3) is 4.59. The Hall–Kier alpha value is -3.55. The third-order valence-electron chi connectivity index (χ3n) is 4.27. The van der Waals surface area contributed by atoms with Crippen molar-refractivity contribution in [2.45, 2.75) is 19.4 Å². The van der Waals surface area contributed by atoms with Crippen LogP contribution in [0.1, 0.15) is 12.0 Å². The van der Waals surface area contributed by atoms with Crippen LogP contribution in [-0.2, 0) is 22.6 Å². The summed E-state index contributed by atoms with van der Waals surface area (Å²) >= 11 is 0. The second-order valence-corrected chi connectivity index (χ2v) is 6.59. The predicted octanol–water partition coefficient (Wildman–Crippen LogP) is 1.45. The molecule has 3 aromatic rings. The van der Waals surface area contributed by atoms with Gasteiger partial charge in [0.05, 0.1) is 18.4 Å². The molecule has 2 amide bonds. The maximum absolute atomic E-state index is 12.4. The van der Waals surface area contributed by atoms with Crippen LogP contribution in [0.4, 0.5) is 5.69 Å². The summed E-state index contributed by atoms with van der Waals surface area (Å²) < 4.78 is 1.19. The molecule has 0 unspecified atom stereocenters. The van der Waals surface area contributed by atoms with Gasteiger partial charge in [0.2, 0.25) is 11.8 Å². The fraction of sp³-hybridized carbons (Fsp3) is 0.250. The zero-order valence-electron chi connectivity index (χ0n) is 15.8. The lowest BCUT2D eigenvalue weighted by Crippen LogP contribution is -2.26. The normalized spacial score (nSPS) is 10.6. The number of aromatic nitrogens is 3. The topological polar surface area (TPSA) is 97.2 Å². The lowest BCUT2D eigenvalue weighted by Gasteiger charge is -2.11. The summed E-state index contributed by atoms with van der Waals surface area (Å²) in [6, 6.07) is 14.1. The number of amides is 2. The van der Waals surface area contributed by atoms with Gasteiger partial charge in [-0.05, 0) is 29.8 Å². The molecular weight excluding hydrogens is 358 g/mol. The minimum absolute atomic E-state index is 0.0127. The average molecular weight is 379 g/mol. The van der Waals surface area contributed by atoms with Gasteiger partial charge in [-0.25, -0.2) is 4.68 Å². The summed E-state index contributed by atoms with van der Waals surface area (Å²) in [7, 11) is 3.42. The zero-order valence-corrected chi connectivity index (χ0v) is 15.8. The molecular formula is C20H21N5O3. The van der Waals surface area contributed by atoms with Crippen molar-refractivity contribution in [2.75, 3.05) is 19.4 Å². The van der Waals surface area contributed by atoms with Crippen molar-refractivity contribution < 1.29 is 9.59 Å². The lowest BCUT2D eigenvalue weighted by molar-refractivity contribution is -0.128.